The first-order valence-corrected chi connectivity index (χ1v) is 3.26. The first-order valence-electron chi connectivity index (χ1n) is 2.32. The van der Waals surface area contributed by atoms with Gasteiger partial charge in [-0.05, 0) is 0 Å². The molecule has 0 aliphatic carbocycles. The highest BCUT2D eigenvalue weighted by Crippen LogP contribution is 2.15. The minimum atomic E-state index is -0.632. The zero-order valence-corrected chi connectivity index (χ0v) is 5.10. The van der Waals surface area contributed by atoms with Crippen molar-refractivity contribution in [3.63, 3.8) is 0 Å². The lowest BCUT2D eigenvalue weighted by Crippen LogP contribution is -1.84. The summed E-state index contributed by atoms with van der Waals surface area (Å²) in [5.74, 6) is -0.632. The molecule has 0 saturated carbocycles. The zero-order valence-electron chi connectivity index (χ0n) is 4.29. The summed E-state index contributed by atoms with van der Waals surface area (Å²) in [5, 5.41) is 3.44. The third kappa shape index (κ3) is 0.598. The van der Waals surface area contributed by atoms with E-state index >= 15 is 0 Å². The van der Waals surface area contributed by atoms with E-state index in [4.69, 9.17) is 0 Å². The molecule has 0 saturated heterocycles. The molecule has 2 aromatic rings. The van der Waals surface area contributed by atoms with E-state index in [1.54, 1.807) is 10.8 Å². The van der Waals surface area contributed by atoms with Gasteiger partial charge in [0.2, 0.25) is 0 Å². The molecule has 0 aromatic carbocycles. The molecule has 0 aliphatic rings. The molecule has 0 bridgehead atoms. The van der Waals surface area contributed by atoms with Crippen LogP contribution in [0.4, 0.5) is 0 Å². The molecule has 0 fully saturated rings. The van der Waals surface area contributed by atoms with Crippen LogP contribution in [0.1, 0.15) is 0 Å². The van der Waals surface area contributed by atoms with Crippen molar-refractivity contribution in [2.75, 3.05) is 0 Å². The van der Waals surface area contributed by atoms with Gasteiger partial charge in [0, 0.05) is 10.8 Å². The SMILES string of the molecule is O=c1oc2cscc2o1. The minimum absolute atomic E-state index is 0.532. The van der Waals surface area contributed by atoms with E-state index < -0.39 is 5.82 Å². The zero-order chi connectivity index (χ0) is 6.27. The van der Waals surface area contributed by atoms with Crippen LogP contribution in [0.2, 0.25) is 0 Å². The highest BCUT2D eigenvalue weighted by Gasteiger charge is 2.01. The lowest BCUT2D eigenvalue weighted by atomic mass is 10.6. The van der Waals surface area contributed by atoms with Gasteiger partial charge in [0.1, 0.15) is 0 Å². The van der Waals surface area contributed by atoms with Crippen LogP contribution in [0.25, 0.3) is 11.2 Å². The van der Waals surface area contributed by atoms with Crippen LogP contribution in [-0.2, 0) is 0 Å². The molecule has 2 rings (SSSR count). The summed E-state index contributed by atoms with van der Waals surface area (Å²) in [6.07, 6.45) is 0. The second-order valence-electron chi connectivity index (χ2n) is 1.55. The molecule has 2 heterocycles. The van der Waals surface area contributed by atoms with Gasteiger partial charge in [0.15, 0.2) is 11.2 Å². The highest BCUT2D eigenvalue weighted by molar-refractivity contribution is 7.09. The first kappa shape index (κ1) is 4.81. The fourth-order valence-corrected chi connectivity index (χ4v) is 1.27. The molecule has 3 nitrogen and oxygen atoms in total. The van der Waals surface area contributed by atoms with E-state index in [9.17, 15) is 4.79 Å². The predicted molar refractivity (Wildman–Crippen MR) is 32.6 cm³/mol. The third-order valence-electron chi connectivity index (χ3n) is 0.980. The Morgan fingerprint density at radius 1 is 1.22 bits per heavy atom. The van der Waals surface area contributed by atoms with Gasteiger partial charge < -0.3 is 8.83 Å². The average molecular weight is 142 g/mol. The molecule has 46 valence electrons. The monoisotopic (exact) mass is 142 g/mol. The van der Waals surface area contributed by atoms with Crippen LogP contribution in [0.5, 0.6) is 0 Å². The van der Waals surface area contributed by atoms with Gasteiger partial charge in [-0.15, -0.1) is 11.3 Å². The largest absolute Gasteiger partial charge is 0.519 e. The maximum absolute atomic E-state index is 10.3. The molecule has 0 radical (unpaired) electrons. The summed E-state index contributed by atoms with van der Waals surface area (Å²) in [7, 11) is 0. The van der Waals surface area contributed by atoms with Crippen LogP contribution >= 0.6 is 11.3 Å². The molecule has 0 N–H and O–H groups in total. The summed E-state index contributed by atoms with van der Waals surface area (Å²) < 4.78 is 9.19. The molecule has 0 spiro atoms. The summed E-state index contributed by atoms with van der Waals surface area (Å²) >= 11 is 1.44. The van der Waals surface area contributed by atoms with Crippen LogP contribution in [0, 0.1) is 0 Å². The Hall–Kier alpha value is -1.03. The quantitative estimate of drug-likeness (QED) is 0.559. The molecule has 9 heavy (non-hydrogen) atoms. The lowest BCUT2D eigenvalue weighted by molar-refractivity contribution is 0.409. The molecule has 0 atom stereocenters. The fraction of sp³-hybridized carbons (Fsp3) is 0. The van der Waals surface area contributed by atoms with Crippen molar-refractivity contribution < 1.29 is 8.83 Å². The summed E-state index contributed by atoms with van der Waals surface area (Å²) in [5.41, 5.74) is 1.06. The molecular weight excluding hydrogens is 140 g/mol. The standard InChI is InChI=1S/C5H2O3S/c6-5-7-3-1-9-2-4(3)8-5/h1-2H. The average Bonchev–Trinajstić information content (AvgIpc) is 2.22. The second-order valence-corrected chi connectivity index (χ2v) is 2.30. The van der Waals surface area contributed by atoms with E-state index in [0.717, 1.165) is 0 Å². The summed E-state index contributed by atoms with van der Waals surface area (Å²) in [6, 6.07) is 0. The van der Waals surface area contributed by atoms with Gasteiger partial charge in [-0.2, -0.15) is 0 Å². The number of hydrogen-bond donors (Lipinski definition) is 0. The van der Waals surface area contributed by atoms with E-state index in [1.165, 1.54) is 11.3 Å². The minimum Gasteiger partial charge on any atom is -0.390 e. The van der Waals surface area contributed by atoms with Crippen molar-refractivity contribution in [2.24, 2.45) is 0 Å². The van der Waals surface area contributed by atoms with Crippen LogP contribution in [-0.4, -0.2) is 0 Å². The summed E-state index contributed by atoms with van der Waals surface area (Å²) in [4.78, 5) is 10.3. The van der Waals surface area contributed by atoms with Gasteiger partial charge >= 0.3 is 5.82 Å². The van der Waals surface area contributed by atoms with Crippen LogP contribution in [0.3, 0.4) is 0 Å². The van der Waals surface area contributed by atoms with Gasteiger partial charge in [-0.3, -0.25) is 0 Å². The molecular formula is C5H2O3S. The maximum Gasteiger partial charge on any atom is 0.519 e. The Morgan fingerprint density at radius 3 is 2.33 bits per heavy atom. The van der Waals surface area contributed by atoms with Crippen molar-refractivity contribution in [1.82, 2.24) is 0 Å². The van der Waals surface area contributed by atoms with E-state index in [-0.39, 0.29) is 0 Å². The number of rotatable bonds is 0. The van der Waals surface area contributed by atoms with Crippen molar-refractivity contribution in [1.29, 1.82) is 0 Å². The topological polar surface area (TPSA) is 43.4 Å². The van der Waals surface area contributed by atoms with E-state index in [1.807, 2.05) is 0 Å². The van der Waals surface area contributed by atoms with Gasteiger partial charge in [0.25, 0.3) is 0 Å². The predicted octanol–water partition coefficient (Wildman–Crippen LogP) is 1.45. The van der Waals surface area contributed by atoms with Gasteiger partial charge in [-0.1, -0.05) is 0 Å². The lowest BCUT2D eigenvalue weighted by Gasteiger charge is -1.59. The molecule has 4 heteroatoms. The van der Waals surface area contributed by atoms with Crippen molar-refractivity contribution in [3.05, 3.63) is 21.4 Å². The van der Waals surface area contributed by atoms with Crippen LogP contribution < -0.4 is 5.82 Å². The number of fused-ring (bicyclic) bond motifs is 1. The molecule has 0 unspecified atom stereocenters. The van der Waals surface area contributed by atoms with Crippen LogP contribution in [0.15, 0.2) is 24.4 Å². The Bertz CT molecular complexity index is 335. The Kier molecular flexibility index (Phi) is 0.790. The third-order valence-corrected chi connectivity index (χ3v) is 1.68. The normalized spacial score (nSPS) is 10.7. The van der Waals surface area contributed by atoms with E-state index in [0.29, 0.717) is 11.2 Å². The van der Waals surface area contributed by atoms with Crippen molar-refractivity contribution >= 4 is 22.5 Å². The van der Waals surface area contributed by atoms with Crippen molar-refractivity contribution in [3.8, 4) is 0 Å². The smallest absolute Gasteiger partial charge is 0.390 e. The Labute approximate surface area is 53.5 Å². The maximum atomic E-state index is 10.3. The fourth-order valence-electron chi connectivity index (χ4n) is 0.623. The van der Waals surface area contributed by atoms with Gasteiger partial charge in [0.05, 0.1) is 0 Å². The van der Waals surface area contributed by atoms with Gasteiger partial charge in [-0.25, -0.2) is 4.79 Å². The van der Waals surface area contributed by atoms with E-state index in [2.05, 4.69) is 8.83 Å². The Balaban J connectivity index is 3.08. The number of hydrogen-bond acceptors (Lipinski definition) is 4. The second kappa shape index (κ2) is 1.48. The molecule has 0 aliphatic heterocycles. The van der Waals surface area contributed by atoms with Crippen molar-refractivity contribution in [2.45, 2.75) is 0 Å². The number of thiophene rings is 1. The summed E-state index contributed by atoms with van der Waals surface area (Å²) in [6.45, 7) is 0. The molecule has 0 amide bonds. The Morgan fingerprint density at radius 2 is 1.78 bits per heavy atom. The first-order chi connectivity index (χ1) is 4.36. The molecule has 2 aromatic heterocycles. The highest BCUT2D eigenvalue weighted by atomic mass is 32.1.